The van der Waals surface area contributed by atoms with E-state index in [-0.39, 0.29) is 0 Å². The van der Waals surface area contributed by atoms with Gasteiger partial charge in [-0.1, -0.05) is 12.1 Å². The van der Waals surface area contributed by atoms with E-state index in [0.29, 0.717) is 19.0 Å². The highest BCUT2D eigenvalue weighted by atomic mass is 32.1. The van der Waals surface area contributed by atoms with E-state index in [0.717, 1.165) is 27.8 Å². The predicted molar refractivity (Wildman–Crippen MR) is 76.1 cm³/mol. The van der Waals surface area contributed by atoms with Crippen LogP contribution in [0.25, 0.3) is 22.1 Å². The van der Waals surface area contributed by atoms with Crippen molar-refractivity contribution in [1.29, 1.82) is 0 Å². The number of hydrogen-bond donors (Lipinski definition) is 1. The summed E-state index contributed by atoms with van der Waals surface area (Å²) in [6.07, 6.45) is 0. The van der Waals surface area contributed by atoms with Gasteiger partial charge in [0.1, 0.15) is 13.2 Å². The van der Waals surface area contributed by atoms with Crippen molar-refractivity contribution in [3.05, 3.63) is 35.7 Å². The second-order valence-electron chi connectivity index (χ2n) is 4.31. The number of hydrogen-bond acceptors (Lipinski definition) is 5. The molecule has 4 rings (SSSR count). The Morgan fingerprint density at radius 3 is 2.95 bits per heavy atom. The summed E-state index contributed by atoms with van der Waals surface area (Å²) in [6, 6.07) is 9.75. The van der Waals surface area contributed by atoms with Gasteiger partial charge in [0.2, 0.25) is 0 Å². The predicted octanol–water partition coefficient (Wildman–Crippen LogP) is 2.97. The van der Waals surface area contributed by atoms with Crippen LogP contribution < -0.4 is 9.47 Å². The molecule has 0 bridgehead atoms. The highest BCUT2D eigenvalue weighted by Crippen LogP contribution is 2.38. The number of thiophene rings is 1. The maximum Gasteiger partial charge on any atom is 0.185 e. The molecule has 6 heteroatoms. The minimum atomic E-state index is 0.548. The second-order valence-corrected chi connectivity index (χ2v) is 5.26. The quantitative estimate of drug-likeness (QED) is 0.786. The summed E-state index contributed by atoms with van der Waals surface area (Å²) in [5.74, 6) is 2.85. The fourth-order valence-corrected chi connectivity index (χ4v) is 2.82. The third kappa shape index (κ3) is 1.85. The van der Waals surface area contributed by atoms with E-state index in [4.69, 9.17) is 9.47 Å². The van der Waals surface area contributed by atoms with Crippen LogP contribution in [0.15, 0.2) is 35.7 Å². The molecule has 0 radical (unpaired) electrons. The van der Waals surface area contributed by atoms with Crippen LogP contribution in [0.5, 0.6) is 11.5 Å². The maximum absolute atomic E-state index is 5.69. The summed E-state index contributed by atoms with van der Waals surface area (Å²) in [4.78, 5) is 5.60. The fraction of sp³-hybridized carbons (Fsp3) is 0.143. The zero-order valence-corrected chi connectivity index (χ0v) is 11.3. The SMILES string of the molecule is c1csc(-c2nc(-c3cccc4c3OCCO4)n[nH]2)c1. The molecule has 1 N–H and O–H groups in total. The minimum absolute atomic E-state index is 0.548. The van der Waals surface area contributed by atoms with Crippen LogP contribution >= 0.6 is 11.3 Å². The highest BCUT2D eigenvalue weighted by molar-refractivity contribution is 7.13. The number of rotatable bonds is 2. The first-order valence-corrected chi connectivity index (χ1v) is 7.15. The van der Waals surface area contributed by atoms with E-state index in [1.807, 2.05) is 35.7 Å². The van der Waals surface area contributed by atoms with Gasteiger partial charge in [-0.25, -0.2) is 4.98 Å². The molecule has 0 saturated heterocycles. The smallest absolute Gasteiger partial charge is 0.185 e. The molecular weight excluding hydrogens is 274 g/mol. The van der Waals surface area contributed by atoms with Crippen LogP contribution in [0.3, 0.4) is 0 Å². The van der Waals surface area contributed by atoms with E-state index in [2.05, 4.69) is 15.2 Å². The molecule has 20 heavy (non-hydrogen) atoms. The Morgan fingerprint density at radius 1 is 1.10 bits per heavy atom. The van der Waals surface area contributed by atoms with Gasteiger partial charge in [-0.2, -0.15) is 5.10 Å². The van der Waals surface area contributed by atoms with Gasteiger partial charge in [-0.05, 0) is 23.6 Å². The van der Waals surface area contributed by atoms with Gasteiger partial charge in [0.25, 0.3) is 0 Å². The van der Waals surface area contributed by atoms with Crippen LogP contribution in [-0.4, -0.2) is 28.4 Å². The lowest BCUT2D eigenvalue weighted by atomic mass is 10.1. The molecule has 0 saturated carbocycles. The molecule has 3 aromatic rings. The van der Waals surface area contributed by atoms with Gasteiger partial charge in [0.05, 0.1) is 10.4 Å². The highest BCUT2D eigenvalue weighted by Gasteiger charge is 2.19. The number of para-hydroxylation sites is 1. The summed E-state index contributed by atoms with van der Waals surface area (Å²) in [5.41, 5.74) is 0.848. The summed E-state index contributed by atoms with van der Waals surface area (Å²) in [5, 5.41) is 9.26. The van der Waals surface area contributed by atoms with Gasteiger partial charge in [-0.3, -0.25) is 5.10 Å². The number of nitrogens with zero attached hydrogens (tertiary/aromatic N) is 2. The number of aromatic amines is 1. The Hall–Kier alpha value is -2.34. The molecule has 0 unspecified atom stereocenters. The molecule has 0 atom stereocenters. The number of H-pyrrole nitrogens is 1. The van der Waals surface area contributed by atoms with Gasteiger partial charge < -0.3 is 9.47 Å². The van der Waals surface area contributed by atoms with Crippen molar-refractivity contribution < 1.29 is 9.47 Å². The number of aromatic nitrogens is 3. The first kappa shape index (κ1) is 11.5. The maximum atomic E-state index is 5.69. The first-order chi connectivity index (χ1) is 9.92. The molecule has 0 aliphatic carbocycles. The Morgan fingerprint density at radius 2 is 2.05 bits per heavy atom. The van der Waals surface area contributed by atoms with Crippen molar-refractivity contribution in [2.24, 2.45) is 0 Å². The van der Waals surface area contributed by atoms with E-state index in [1.54, 1.807) is 11.3 Å². The van der Waals surface area contributed by atoms with Crippen molar-refractivity contribution in [2.75, 3.05) is 13.2 Å². The summed E-state index contributed by atoms with van der Waals surface area (Å²) in [7, 11) is 0. The van der Waals surface area contributed by atoms with Crippen LogP contribution in [0.4, 0.5) is 0 Å². The number of benzene rings is 1. The van der Waals surface area contributed by atoms with Gasteiger partial charge in [0.15, 0.2) is 23.1 Å². The third-order valence-corrected chi connectivity index (χ3v) is 3.92. The number of ether oxygens (including phenoxy) is 2. The molecule has 100 valence electrons. The van der Waals surface area contributed by atoms with Crippen LogP contribution in [0, 0.1) is 0 Å². The first-order valence-electron chi connectivity index (χ1n) is 6.27. The van der Waals surface area contributed by atoms with Crippen LogP contribution in [-0.2, 0) is 0 Å². The van der Waals surface area contributed by atoms with Gasteiger partial charge >= 0.3 is 0 Å². The fourth-order valence-electron chi connectivity index (χ4n) is 2.16. The molecule has 1 aliphatic heterocycles. The molecule has 2 aromatic heterocycles. The average Bonchev–Trinajstić information content (AvgIpc) is 3.17. The Labute approximate surface area is 119 Å². The van der Waals surface area contributed by atoms with Gasteiger partial charge in [-0.15, -0.1) is 11.3 Å². The molecule has 3 heterocycles. The van der Waals surface area contributed by atoms with E-state index in [1.165, 1.54) is 0 Å². The standard InChI is InChI=1S/C14H11N3O2S/c1-3-9(12-10(4-1)18-6-7-19-12)13-15-14(17-16-13)11-5-2-8-20-11/h1-5,8H,6-7H2,(H,15,16,17). The van der Waals surface area contributed by atoms with Crippen LogP contribution in [0.1, 0.15) is 0 Å². The molecule has 0 amide bonds. The Bertz CT molecular complexity index is 737. The normalized spacial score (nSPS) is 13.4. The van der Waals surface area contributed by atoms with Crippen molar-refractivity contribution >= 4 is 11.3 Å². The number of fused-ring (bicyclic) bond motifs is 1. The monoisotopic (exact) mass is 285 g/mol. The third-order valence-electron chi connectivity index (χ3n) is 3.05. The van der Waals surface area contributed by atoms with Crippen LogP contribution in [0.2, 0.25) is 0 Å². The van der Waals surface area contributed by atoms with E-state index >= 15 is 0 Å². The molecule has 1 aliphatic rings. The molecule has 0 fully saturated rings. The molecule has 0 spiro atoms. The average molecular weight is 285 g/mol. The molecule has 1 aromatic carbocycles. The van der Waals surface area contributed by atoms with Crippen molar-refractivity contribution in [3.63, 3.8) is 0 Å². The van der Waals surface area contributed by atoms with Crippen molar-refractivity contribution in [2.45, 2.75) is 0 Å². The van der Waals surface area contributed by atoms with Crippen molar-refractivity contribution in [3.8, 4) is 33.6 Å². The summed E-state index contributed by atoms with van der Waals surface area (Å²) >= 11 is 1.62. The van der Waals surface area contributed by atoms with E-state index < -0.39 is 0 Å². The van der Waals surface area contributed by atoms with E-state index in [9.17, 15) is 0 Å². The summed E-state index contributed by atoms with van der Waals surface area (Å²) in [6.45, 7) is 1.12. The van der Waals surface area contributed by atoms with Crippen molar-refractivity contribution in [1.82, 2.24) is 15.2 Å². The largest absolute Gasteiger partial charge is 0.486 e. The number of nitrogens with one attached hydrogen (secondary N) is 1. The topological polar surface area (TPSA) is 60.0 Å². The lowest BCUT2D eigenvalue weighted by Crippen LogP contribution is -2.15. The summed E-state index contributed by atoms with van der Waals surface area (Å²) < 4.78 is 11.3. The molecule has 5 nitrogen and oxygen atoms in total. The lowest BCUT2D eigenvalue weighted by Gasteiger charge is -2.19. The minimum Gasteiger partial charge on any atom is -0.486 e. The Kier molecular flexibility index (Phi) is 2.67. The zero-order chi connectivity index (χ0) is 13.4. The van der Waals surface area contributed by atoms with Gasteiger partial charge in [0, 0.05) is 0 Å². The lowest BCUT2D eigenvalue weighted by molar-refractivity contribution is 0.172. The second kappa shape index (κ2) is 4.64. The molecular formula is C14H11N3O2S. The zero-order valence-electron chi connectivity index (χ0n) is 10.5. The Balaban J connectivity index is 1.78.